The van der Waals surface area contributed by atoms with Gasteiger partial charge in [0.15, 0.2) is 0 Å². The number of anilines is 1. The monoisotopic (exact) mass is 305 g/mol. The van der Waals surface area contributed by atoms with Crippen molar-refractivity contribution < 1.29 is 9.53 Å². The molecule has 2 aromatic carbocycles. The van der Waals surface area contributed by atoms with Crippen LogP contribution < -0.4 is 10.1 Å². The molecule has 0 unspecified atom stereocenters. The van der Waals surface area contributed by atoms with Crippen LogP contribution in [0.3, 0.4) is 0 Å². The molecule has 1 aromatic heterocycles. The largest absolute Gasteiger partial charge is 0.497 e. The number of benzene rings is 2. The average Bonchev–Trinajstić information content (AvgIpc) is 3.19. The van der Waals surface area contributed by atoms with Gasteiger partial charge in [-0.15, -0.1) is 0 Å². The van der Waals surface area contributed by atoms with Crippen molar-refractivity contribution in [3.05, 3.63) is 60.3 Å². The summed E-state index contributed by atoms with van der Waals surface area (Å²) in [4.78, 5) is 11.5. The maximum atomic E-state index is 11.5. The zero-order valence-electron chi connectivity index (χ0n) is 12.6. The van der Waals surface area contributed by atoms with Crippen molar-refractivity contribution in [3.63, 3.8) is 0 Å². The van der Waals surface area contributed by atoms with E-state index < -0.39 is 0 Å². The molecule has 2 heterocycles. The van der Waals surface area contributed by atoms with Crippen LogP contribution in [0.1, 0.15) is 5.56 Å². The summed E-state index contributed by atoms with van der Waals surface area (Å²) in [6.07, 6.45) is 2.20. The highest BCUT2D eigenvalue weighted by molar-refractivity contribution is 5.99. The van der Waals surface area contributed by atoms with E-state index in [2.05, 4.69) is 10.4 Å². The third-order valence-electron chi connectivity index (χ3n) is 3.97. The normalized spacial score (nSPS) is 12.8. The number of fused-ring (bicyclic) bond motifs is 1. The predicted molar refractivity (Wildman–Crippen MR) is 87.9 cm³/mol. The molecule has 3 aromatic rings. The number of methoxy groups -OCH3 is 1. The van der Waals surface area contributed by atoms with Crippen molar-refractivity contribution in [2.45, 2.75) is 6.42 Å². The highest BCUT2D eigenvalue weighted by Gasteiger charge is 2.18. The number of hydrogen-bond donors (Lipinski definition) is 1. The Bertz CT molecular complexity index is 899. The Hall–Kier alpha value is -3.08. The summed E-state index contributed by atoms with van der Waals surface area (Å²) in [5.41, 5.74) is 4.84. The molecule has 114 valence electrons. The van der Waals surface area contributed by atoms with Gasteiger partial charge in [0.1, 0.15) is 5.75 Å². The number of nitrogens with one attached hydrogen (secondary N) is 1. The van der Waals surface area contributed by atoms with Gasteiger partial charge >= 0.3 is 0 Å². The minimum atomic E-state index is 0.0402. The van der Waals surface area contributed by atoms with Crippen molar-refractivity contribution >= 4 is 11.6 Å². The molecular weight excluding hydrogens is 290 g/mol. The van der Waals surface area contributed by atoms with E-state index in [0.29, 0.717) is 6.42 Å². The average molecular weight is 305 g/mol. The molecule has 23 heavy (non-hydrogen) atoms. The molecule has 5 heteroatoms. The summed E-state index contributed by atoms with van der Waals surface area (Å²) in [5.74, 6) is 0.825. The molecule has 0 radical (unpaired) electrons. The lowest BCUT2D eigenvalue weighted by molar-refractivity contribution is -0.115. The Morgan fingerprint density at radius 3 is 2.96 bits per heavy atom. The third-order valence-corrected chi connectivity index (χ3v) is 3.97. The van der Waals surface area contributed by atoms with Gasteiger partial charge in [-0.05, 0) is 35.9 Å². The molecule has 0 atom stereocenters. The molecule has 1 amide bonds. The van der Waals surface area contributed by atoms with E-state index in [9.17, 15) is 4.79 Å². The van der Waals surface area contributed by atoms with E-state index >= 15 is 0 Å². The summed E-state index contributed by atoms with van der Waals surface area (Å²) in [7, 11) is 1.65. The van der Waals surface area contributed by atoms with Crippen LogP contribution in [0.15, 0.2) is 54.7 Å². The molecule has 0 saturated heterocycles. The number of rotatable bonds is 3. The van der Waals surface area contributed by atoms with E-state index in [1.807, 2.05) is 53.2 Å². The van der Waals surface area contributed by atoms with Gasteiger partial charge in [-0.25, -0.2) is 4.68 Å². The Balaban J connectivity index is 1.78. The van der Waals surface area contributed by atoms with Crippen molar-refractivity contribution in [3.8, 4) is 22.7 Å². The molecule has 4 rings (SSSR count). The highest BCUT2D eigenvalue weighted by atomic mass is 16.5. The maximum absolute atomic E-state index is 11.5. The van der Waals surface area contributed by atoms with E-state index in [-0.39, 0.29) is 5.91 Å². The summed E-state index contributed by atoms with van der Waals surface area (Å²) in [5, 5.41) is 7.28. The SMILES string of the molecule is COc1cccc(-n2nccc2-c2ccc3c(c2)CC(=O)N3)c1. The Kier molecular flexibility index (Phi) is 3.12. The van der Waals surface area contributed by atoms with Gasteiger partial charge < -0.3 is 10.1 Å². The van der Waals surface area contributed by atoms with Crippen molar-refractivity contribution in [1.29, 1.82) is 0 Å². The Morgan fingerprint density at radius 1 is 1.17 bits per heavy atom. The molecule has 0 bridgehead atoms. The van der Waals surface area contributed by atoms with Gasteiger partial charge in [-0.1, -0.05) is 12.1 Å². The maximum Gasteiger partial charge on any atom is 0.228 e. The number of ether oxygens (including phenoxy) is 1. The van der Waals surface area contributed by atoms with Crippen LogP contribution >= 0.6 is 0 Å². The van der Waals surface area contributed by atoms with Gasteiger partial charge in [0.25, 0.3) is 0 Å². The van der Waals surface area contributed by atoms with Gasteiger partial charge in [-0.2, -0.15) is 5.10 Å². The molecule has 0 aliphatic carbocycles. The number of carbonyl (C=O) groups is 1. The van der Waals surface area contributed by atoms with Gasteiger partial charge in [0, 0.05) is 17.3 Å². The second kappa shape index (κ2) is 5.28. The fourth-order valence-corrected chi connectivity index (χ4v) is 2.86. The van der Waals surface area contributed by atoms with Gasteiger partial charge in [0.2, 0.25) is 5.91 Å². The lowest BCUT2D eigenvalue weighted by Crippen LogP contribution is -2.03. The second-order valence-electron chi connectivity index (χ2n) is 5.43. The minimum absolute atomic E-state index is 0.0402. The van der Waals surface area contributed by atoms with Crippen LogP contribution in [-0.2, 0) is 11.2 Å². The van der Waals surface area contributed by atoms with Crippen LogP contribution in [0.5, 0.6) is 5.75 Å². The summed E-state index contributed by atoms with van der Waals surface area (Å²) in [6, 6.07) is 15.7. The van der Waals surface area contributed by atoms with Crippen LogP contribution in [-0.4, -0.2) is 22.8 Å². The van der Waals surface area contributed by atoms with Gasteiger partial charge in [-0.3, -0.25) is 4.79 Å². The van der Waals surface area contributed by atoms with E-state index in [4.69, 9.17) is 4.74 Å². The van der Waals surface area contributed by atoms with Crippen LogP contribution in [0.2, 0.25) is 0 Å². The summed E-state index contributed by atoms with van der Waals surface area (Å²) in [6.45, 7) is 0. The molecule has 5 nitrogen and oxygen atoms in total. The Labute approximate surface area is 133 Å². The van der Waals surface area contributed by atoms with Gasteiger partial charge in [0.05, 0.1) is 31.1 Å². The van der Waals surface area contributed by atoms with Crippen molar-refractivity contribution in [2.24, 2.45) is 0 Å². The van der Waals surface area contributed by atoms with Crippen LogP contribution in [0, 0.1) is 0 Å². The standard InChI is InChI=1S/C18H15N3O2/c1-23-15-4-2-3-14(11-15)21-17(7-8-19-21)12-5-6-16-13(9-12)10-18(22)20-16/h2-9,11H,10H2,1H3,(H,20,22). The Morgan fingerprint density at radius 2 is 2.09 bits per heavy atom. The zero-order chi connectivity index (χ0) is 15.8. The van der Waals surface area contributed by atoms with Crippen LogP contribution in [0.25, 0.3) is 16.9 Å². The molecular formula is C18H15N3O2. The fraction of sp³-hybridized carbons (Fsp3) is 0.111. The highest BCUT2D eigenvalue weighted by Crippen LogP contribution is 2.30. The summed E-state index contributed by atoms with van der Waals surface area (Å²) < 4.78 is 7.15. The number of amides is 1. The smallest absolute Gasteiger partial charge is 0.228 e. The lowest BCUT2D eigenvalue weighted by atomic mass is 10.1. The van der Waals surface area contributed by atoms with Crippen molar-refractivity contribution in [1.82, 2.24) is 9.78 Å². The van der Waals surface area contributed by atoms with E-state index in [0.717, 1.165) is 33.9 Å². The van der Waals surface area contributed by atoms with Crippen molar-refractivity contribution in [2.75, 3.05) is 12.4 Å². The van der Waals surface area contributed by atoms with Crippen LogP contribution in [0.4, 0.5) is 5.69 Å². The molecule has 1 aliphatic rings. The first-order valence-electron chi connectivity index (χ1n) is 7.36. The molecule has 0 saturated carbocycles. The first kappa shape index (κ1) is 13.6. The molecule has 1 aliphatic heterocycles. The minimum Gasteiger partial charge on any atom is -0.497 e. The fourth-order valence-electron chi connectivity index (χ4n) is 2.86. The number of carbonyl (C=O) groups excluding carboxylic acids is 1. The molecule has 0 spiro atoms. The molecule has 1 N–H and O–H groups in total. The first-order chi connectivity index (χ1) is 11.2. The van der Waals surface area contributed by atoms with E-state index in [1.54, 1.807) is 13.3 Å². The number of hydrogen-bond acceptors (Lipinski definition) is 3. The number of nitrogens with zero attached hydrogens (tertiary/aromatic N) is 2. The second-order valence-corrected chi connectivity index (χ2v) is 5.43. The quantitative estimate of drug-likeness (QED) is 0.809. The predicted octanol–water partition coefficient (Wildman–Crippen LogP) is 3.04. The lowest BCUT2D eigenvalue weighted by Gasteiger charge is -2.10. The van der Waals surface area contributed by atoms with E-state index in [1.165, 1.54) is 0 Å². The summed E-state index contributed by atoms with van der Waals surface area (Å²) >= 11 is 0. The number of aromatic nitrogens is 2. The third kappa shape index (κ3) is 2.36. The topological polar surface area (TPSA) is 56.2 Å². The molecule has 0 fully saturated rings. The first-order valence-corrected chi connectivity index (χ1v) is 7.36. The zero-order valence-corrected chi connectivity index (χ0v) is 12.6.